The standard InChI is InChI=1S/C13H17N3/c1-10-6-7-14-9-13(10)16-12-5-3-2-4-11(12)8-15-16/h2-5,8,10,13-14H,6-7,9H2,1H3. The number of hydrogen-bond donors (Lipinski definition) is 1. The predicted molar refractivity (Wildman–Crippen MR) is 65.4 cm³/mol. The molecule has 0 spiro atoms. The topological polar surface area (TPSA) is 29.9 Å². The number of aromatic nitrogens is 2. The van der Waals surface area contributed by atoms with E-state index < -0.39 is 0 Å². The van der Waals surface area contributed by atoms with Gasteiger partial charge < -0.3 is 5.32 Å². The molecule has 2 atom stereocenters. The first-order valence-corrected chi connectivity index (χ1v) is 5.99. The number of piperidine rings is 1. The largest absolute Gasteiger partial charge is 0.315 e. The fraction of sp³-hybridized carbons (Fsp3) is 0.462. The van der Waals surface area contributed by atoms with E-state index in [1.807, 2.05) is 6.20 Å². The maximum atomic E-state index is 4.55. The summed E-state index contributed by atoms with van der Waals surface area (Å²) >= 11 is 0. The Morgan fingerprint density at radius 2 is 2.25 bits per heavy atom. The zero-order valence-corrected chi connectivity index (χ0v) is 9.56. The van der Waals surface area contributed by atoms with Crippen molar-refractivity contribution in [3.63, 3.8) is 0 Å². The summed E-state index contributed by atoms with van der Waals surface area (Å²) in [4.78, 5) is 0. The number of nitrogens with one attached hydrogen (secondary N) is 1. The molecule has 84 valence electrons. The first-order valence-electron chi connectivity index (χ1n) is 5.99. The Morgan fingerprint density at radius 3 is 3.12 bits per heavy atom. The molecule has 0 saturated carbocycles. The van der Waals surface area contributed by atoms with E-state index >= 15 is 0 Å². The molecular formula is C13H17N3. The summed E-state index contributed by atoms with van der Waals surface area (Å²) in [5, 5.41) is 9.24. The molecule has 16 heavy (non-hydrogen) atoms. The summed E-state index contributed by atoms with van der Waals surface area (Å²) < 4.78 is 2.19. The second-order valence-corrected chi connectivity index (χ2v) is 4.69. The van der Waals surface area contributed by atoms with Gasteiger partial charge in [0.25, 0.3) is 0 Å². The molecule has 1 aliphatic heterocycles. The van der Waals surface area contributed by atoms with Crippen molar-refractivity contribution in [1.29, 1.82) is 0 Å². The average Bonchev–Trinajstić information content (AvgIpc) is 2.74. The minimum absolute atomic E-state index is 0.494. The number of nitrogens with zero attached hydrogens (tertiary/aromatic N) is 2. The van der Waals surface area contributed by atoms with Crippen molar-refractivity contribution in [2.75, 3.05) is 13.1 Å². The molecule has 2 heterocycles. The smallest absolute Gasteiger partial charge is 0.0686 e. The Labute approximate surface area is 95.5 Å². The Hall–Kier alpha value is -1.35. The highest BCUT2D eigenvalue weighted by Gasteiger charge is 2.24. The summed E-state index contributed by atoms with van der Waals surface area (Å²) in [6.45, 7) is 4.49. The number of para-hydroxylation sites is 1. The molecule has 1 aromatic carbocycles. The molecule has 1 aliphatic rings. The van der Waals surface area contributed by atoms with Gasteiger partial charge in [0.15, 0.2) is 0 Å². The van der Waals surface area contributed by atoms with E-state index in [0.29, 0.717) is 12.0 Å². The van der Waals surface area contributed by atoms with Crippen LogP contribution in [-0.2, 0) is 0 Å². The first kappa shape index (κ1) is 9.85. The van der Waals surface area contributed by atoms with E-state index in [0.717, 1.165) is 13.1 Å². The lowest BCUT2D eigenvalue weighted by Crippen LogP contribution is -2.37. The second-order valence-electron chi connectivity index (χ2n) is 4.69. The van der Waals surface area contributed by atoms with Crippen LogP contribution in [0, 0.1) is 5.92 Å². The molecule has 1 aromatic heterocycles. The van der Waals surface area contributed by atoms with Crippen LogP contribution >= 0.6 is 0 Å². The summed E-state index contributed by atoms with van der Waals surface area (Å²) in [5.74, 6) is 0.699. The molecule has 1 fully saturated rings. The van der Waals surface area contributed by atoms with Crippen LogP contribution in [0.2, 0.25) is 0 Å². The number of rotatable bonds is 1. The molecule has 3 nitrogen and oxygen atoms in total. The van der Waals surface area contributed by atoms with E-state index in [1.165, 1.54) is 17.3 Å². The van der Waals surface area contributed by atoms with Crippen molar-refractivity contribution < 1.29 is 0 Å². The van der Waals surface area contributed by atoms with Crippen molar-refractivity contribution >= 4 is 10.9 Å². The van der Waals surface area contributed by atoms with Gasteiger partial charge in [-0.2, -0.15) is 5.10 Å². The Kier molecular flexibility index (Phi) is 2.40. The maximum Gasteiger partial charge on any atom is 0.0686 e. The number of fused-ring (bicyclic) bond motifs is 1. The first-order chi connectivity index (χ1) is 7.86. The van der Waals surface area contributed by atoms with E-state index in [9.17, 15) is 0 Å². The van der Waals surface area contributed by atoms with Crippen LogP contribution in [0.15, 0.2) is 30.5 Å². The van der Waals surface area contributed by atoms with E-state index in [4.69, 9.17) is 0 Å². The van der Waals surface area contributed by atoms with Crippen LogP contribution in [0.4, 0.5) is 0 Å². The SMILES string of the molecule is CC1CCNCC1n1ncc2ccccc21. The van der Waals surface area contributed by atoms with Gasteiger partial charge in [-0.3, -0.25) is 4.68 Å². The van der Waals surface area contributed by atoms with Gasteiger partial charge in [-0.25, -0.2) is 0 Å². The highest BCUT2D eigenvalue weighted by Crippen LogP contribution is 2.26. The fourth-order valence-electron chi connectivity index (χ4n) is 2.56. The van der Waals surface area contributed by atoms with Crippen LogP contribution in [-0.4, -0.2) is 22.9 Å². The summed E-state index contributed by atoms with van der Waals surface area (Å²) in [7, 11) is 0. The fourth-order valence-corrected chi connectivity index (χ4v) is 2.56. The monoisotopic (exact) mass is 215 g/mol. The number of benzene rings is 1. The van der Waals surface area contributed by atoms with Gasteiger partial charge in [-0.1, -0.05) is 25.1 Å². The lowest BCUT2D eigenvalue weighted by molar-refractivity contribution is 0.262. The maximum absolute atomic E-state index is 4.55. The van der Waals surface area contributed by atoms with Gasteiger partial charge in [0, 0.05) is 11.9 Å². The van der Waals surface area contributed by atoms with E-state index in [1.54, 1.807) is 0 Å². The molecule has 3 heteroatoms. The molecule has 0 bridgehead atoms. The molecule has 0 aliphatic carbocycles. The van der Waals surface area contributed by atoms with Gasteiger partial charge >= 0.3 is 0 Å². The lowest BCUT2D eigenvalue weighted by Gasteiger charge is -2.30. The van der Waals surface area contributed by atoms with Crippen LogP contribution in [0.1, 0.15) is 19.4 Å². The van der Waals surface area contributed by atoms with Crippen LogP contribution in [0.3, 0.4) is 0 Å². The van der Waals surface area contributed by atoms with Crippen LogP contribution < -0.4 is 5.32 Å². The molecule has 1 saturated heterocycles. The summed E-state index contributed by atoms with van der Waals surface area (Å²) in [5.41, 5.74) is 1.25. The van der Waals surface area contributed by atoms with Crippen molar-refractivity contribution in [3.8, 4) is 0 Å². The van der Waals surface area contributed by atoms with Gasteiger partial charge in [0.1, 0.15) is 0 Å². The second kappa shape index (κ2) is 3.91. The lowest BCUT2D eigenvalue weighted by atomic mass is 9.95. The molecule has 2 aromatic rings. The molecular weight excluding hydrogens is 198 g/mol. The highest BCUT2D eigenvalue weighted by molar-refractivity contribution is 5.78. The molecule has 2 unspecified atom stereocenters. The predicted octanol–water partition coefficient (Wildman–Crippen LogP) is 2.21. The third kappa shape index (κ3) is 1.52. The van der Waals surface area contributed by atoms with Crippen molar-refractivity contribution in [3.05, 3.63) is 30.5 Å². The zero-order chi connectivity index (χ0) is 11.0. The van der Waals surface area contributed by atoms with Gasteiger partial charge in [0.05, 0.1) is 17.8 Å². The molecule has 0 radical (unpaired) electrons. The van der Waals surface area contributed by atoms with Crippen LogP contribution in [0.25, 0.3) is 10.9 Å². The summed E-state index contributed by atoms with van der Waals surface area (Å²) in [6.07, 6.45) is 3.20. The van der Waals surface area contributed by atoms with Crippen molar-refractivity contribution in [2.45, 2.75) is 19.4 Å². The summed E-state index contributed by atoms with van der Waals surface area (Å²) in [6, 6.07) is 8.93. The third-order valence-electron chi connectivity index (χ3n) is 3.61. The number of hydrogen-bond acceptors (Lipinski definition) is 2. The van der Waals surface area contributed by atoms with Crippen LogP contribution in [0.5, 0.6) is 0 Å². The Morgan fingerprint density at radius 1 is 1.38 bits per heavy atom. The average molecular weight is 215 g/mol. The van der Waals surface area contributed by atoms with Gasteiger partial charge in [-0.15, -0.1) is 0 Å². The quantitative estimate of drug-likeness (QED) is 0.790. The zero-order valence-electron chi connectivity index (χ0n) is 9.56. The molecule has 3 rings (SSSR count). The molecule has 0 amide bonds. The Balaban J connectivity index is 2.04. The van der Waals surface area contributed by atoms with E-state index in [-0.39, 0.29) is 0 Å². The van der Waals surface area contributed by atoms with Crippen molar-refractivity contribution in [2.24, 2.45) is 5.92 Å². The van der Waals surface area contributed by atoms with Gasteiger partial charge in [0.2, 0.25) is 0 Å². The minimum Gasteiger partial charge on any atom is -0.315 e. The Bertz CT molecular complexity index is 489. The third-order valence-corrected chi connectivity index (χ3v) is 3.61. The van der Waals surface area contributed by atoms with Crippen molar-refractivity contribution in [1.82, 2.24) is 15.1 Å². The van der Waals surface area contributed by atoms with Gasteiger partial charge in [-0.05, 0) is 24.9 Å². The van der Waals surface area contributed by atoms with E-state index in [2.05, 4.69) is 46.3 Å². The highest BCUT2D eigenvalue weighted by atomic mass is 15.3. The molecule has 1 N–H and O–H groups in total. The normalized spacial score (nSPS) is 26.1. The minimum atomic E-state index is 0.494.